The standard InChI is InChI=1S/C15H16F3N3O3S/c1-10-19-14(24-20-10)11-3-2-8-21(9-11)25(22,23)13-6-4-12(5-7-13)15(16,17)18/h4-7,11H,2-3,8-9H2,1H3. The molecule has 1 saturated heterocycles. The molecule has 0 amide bonds. The molecule has 0 radical (unpaired) electrons. The summed E-state index contributed by atoms with van der Waals surface area (Å²) in [5.74, 6) is 0.627. The number of nitrogens with zero attached hydrogens (tertiary/aromatic N) is 3. The maximum Gasteiger partial charge on any atom is 0.416 e. The Bertz CT molecular complexity index is 847. The van der Waals surface area contributed by atoms with Gasteiger partial charge in [-0.25, -0.2) is 8.42 Å². The molecule has 0 bridgehead atoms. The van der Waals surface area contributed by atoms with E-state index in [0.29, 0.717) is 31.1 Å². The molecule has 0 spiro atoms. The monoisotopic (exact) mass is 375 g/mol. The number of rotatable bonds is 3. The highest BCUT2D eigenvalue weighted by molar-refractivity contribution is 7.89. The van der Waals surface area contributed by atoms with E-state index < -0.39 is 21.8 Å². The van der Waals surface area contributed by atoms with Crippen molar-refractivity contribution < 1.29 is 26.1 Å². The number of benzene rings is 1. The zero-order valence-electron chi connectivity index (χ0n) is 13.3. The molecule has 10 heteroatoms. The number of sulfonamides is 1. The van der Waals surface area contributed by atoms with Crippen LogP contribution in [-0.2, 0) is 16.2 Å². The minimum atomic E-state index is -4.51. The Labute approximate surface area is 142 Å². The van der Waals surface area contributed by atoms with Crippen molar-refractivity contribution in [2.75, 3.05) is 13.1 Å². The molecule has 0 aliphatic carbocycles. The van der Waals surface area contributed by atoms with Gasteiger partial charge in [0.15, 0.2) is 5.82 Å². The summed E-state index contributed by atoms with van der Waals surface area (Å²) in [5, 5.41) is 3.71. The van der Waals surface area contributed by atoms with Crippen molar-refractivity contribution >= 4 is 10.0 Å². The molecular weight excluding hydrogens is 359 g/mol. The van der Waals surface area contributed by atoms with E-state index in [1.54, 1.807) is 6.92 Å². The highest BCUT2D eigenvalue weighted by Crippen LogP contribution is 2.32. The molecule has 3 rings (SSSR count). The normalized spacial score (nSPS) is 19.9. The van der Waals surface area contributed by atoms with Crippen molar-refractivity contribution in [2.45, 2.75) is 36.8 Å². The lowest BCUT2D eigenvalue weighted by Gasteiger charge is -2.30. The number of hydrogen-bond donors (Lipinski definition) is 0. The van der Waals surface area contributed by atoms with Gasteiger partial charge >= 0.3 is 6.18 Å². The number of alkyl halides is 3. The fourth-order valence-corrected chi connectivity index (χ4v) is 4.33. The lowest BCUT2D eigenvalue weighted by molar-refractivity contribution is -0.137. The molecule has 1 aliphatic heterocycles. The van der Waals surface area contributed by atoms with Crippen molar-refractivity contribution in [2.24, 2.45) is 0 Å². The van der Waals surface area contributed by atoms with Crippen molar-refractivity contribution in [3.05, 3.63) is 41.5 Å². The van der Waals surface area contributed by atoms with Crippen LogP contribution in [0, 0.1) is 6.92 Å². The zero-order valence-corrected chi connectivity index (χ0v) is 14.1. The highest BCUT2D eigenvalue weighted by atomic mass is 32.2. The average Bonchev–Trinajstić information content (AvgIpc) is 3.01. The first-order valence-electron chi connectivity index (χ1n) is 7.65. The van der Waals surface area contributed by atoms with Gasteiger partial charge in [0, 0.05) is 13.1 Å². The van der Waals surface area contributed by atoms with E-state index in [0.717, 1.165) is 24.3 Å². The van der Waals surface area contributed by atoms with Gasteiger partial charge in [0.2, 0.25) is 15.9 Å². The second-order valence-corrected chi connectivity index (χ2v) is 7.84. The van der Waals surface area contributed by atoms with E-state index in [1.807, 2.05) is 0 Å². The van der Waals surface area contributed by atoms with Crippen LogP contribution < -0.4 is 0 Å². The fourth-order valence-electron chi connectivity index (χ4n) is 2.81. The summed E-state index contributed by atoms with van der Waals surface area (Å²) in [6.07, 6.45) is -3.19. The van der Waals surface area contributed by atoms with Crippen LogP contribution in [0.4, 0.5) is 13.2 Å². The Hall–Kier alpha value is -1.94. The van der Waals surface area contributed by atoms with E-state index in [2.05, 4.69) is 10.1 Å². The second-order valence-electron chi connectivity index (χ2n) is 5.90. The number of piperidine rings is 1. The van der Waals surface area contributed by atoms with Gasteiger partial charge in [-0.05, 0) is 44.0 Å². The smallest absolute Gasteiger partial charge is 0.339 e. The molecule has 25 heavy (non-hydrogen) atoms. The lowest BCUT2D eigenvalue weighted by atomic mass is 10.00. The molecule has 1 aliphatic rings. The third kappa shape index (κ3) is 3.69. The summed E-state index contributed by atoms with van der Waals surface area (Å²) in [6, 6.07) is 3.52. The van der Waals surface area contributed by atoms with Gasteiger partial charge < -0.3 is 4.52 Å². The molecule has 1 atom stereocenters. The molecule has 1 unspecified atom stereocenters. The SMILES string of the molecule is Cc1noc(C2CCCN(S(=O)(=O)c3ccc(C(F)(F)F)cc3)C2)n1. The average molecular weight is 375 g/mol. The Kier molecular flexibility index (Phi) is 4.58. The first-order chi connectivity index (χ1) is 11.7. The van der Waals surface area contributed by atoms with Crippen molar-refractivity contribution in [1.82, 2.24) is 14.4 Å². The second kappa shape index (κ2) is 6.41. The summed E-state index contributed by atoms with van der Waals surface area (Å²) in [4.78, 5) is 3.97. The number of aryl methyl sites for hydroxylation is 1. The largest absolute Gasteiger partial charge is 0.416 e. The fraction of sp³-hybridized carbons (Fsp3) is 0.467. The number of hydrogen-bond acceptors (Lipinski definition) is 5. The van der Waals surface area contributed by atoms with E-state index >= 15 is 0 Å². The third-order valence-electron chi connectivity index (χ3n) is 4.10. The quantitative estimate of drug-likeness (QED) is 0.824. The maximum atomic E-state index is 12.7. The van der Waals surface area contributed by atoms with Gasteiger partial charge in [0.05, 0.1) is 16.4 Å². The van der Waals surface area contributed by atoms with E-state index in [1.165, 1.54) is 4.31 Å². The van der Waals surface area contributed by atoms with Gasteiger partial charge in [-0.15, -0.1) is 0 Å². The van der Waals surface area contributed by atoms with E-state index in [9.17, 15) is 21.6 Å². The van der Waals surface area contributed by atoms with E-state index in [4.69, 9.17) is 4.52 Å². The minimum Gasteiger partial charge on any atom is -0.339 e. The predicted molar refractivity (Wildman–Crippen MR) is 81.2 cm³/mol. The molecule has 2 heterocycles. The Morgan fingerprint density at radius 3 is 2.48 bits per heavy atom. The van der Waals surface area contributed by atoms with Gasteiger partial charge in [-0.3, -0.25) is 0 Å². The molecule has 2 aromatic rings. The molecule has 1 fully saturated rings. The van der Waals surface area contributed by atoms with Gasteiger partial charge in [-0.1, -0.05) is 5.16 Å². The molecule has 136 valence electrons. The van der Waals surface area contributed by atoms with Gasteiger partial charge in [-0.2, -0.15) is 22.5 Å². The molecule has 0 saturated carbocycles. The number of aromatic nitrogens is 2. The minimum absolute atomic E-state index is 0.158. The summed E-state index contributed by atoms with van der Waals surface area (Å²) in [7, 11) is -3.88. The summed E-state index contributed by atoms with van der Waals surface area (Å²) in [5.41, 5.74) is -0.885. The van der Waals surface area contributed by atoms with Crippen molar-refractivity contribution in [3.63, 3.8) is 0 Å². The molecule has 1 aromatic heterocycles. The van der Waals surface area contributed by atoms with Gasteiger partial charge in [0.1, 0.15) is 0 Å². The number of halogens is 3. The van der Waals surface area contributed by atoms with Crippen LogP contribution in [0.5, 0.6) is 0 Å². The Morgan fingerprint density at radius 2 is 1.92 bits per heavy atom. The van der Waals surface area contributed by atoms with Gasteiger partial charge in [0.25, 0.3) is 0 Å². The van der Waals surface area contributed by atoms with Crippen molar-refractivity contribution in [3.8, 4) is 0 Å². The maximum absolute atomic E-state index is 12.7. The topological polar surface area (TPSA) is 76.3 Å². The Morgan fingerprint density at radius 1 is 1.24 bits per heavy atom. The predicted octanol–water partition coefficient (Wildman–Crippen LogP) is 2.97. The summed E-state index contributed by atoms with van der Waals surface area (Å²) < 4.78 is 69.7. The van der Waals surface area contributed by atoms with Crippen LogP contribution >= 0.6 is 0 Å². The van der Waals surface area contributed by atoms with Crippen LogP contribution in [-0.4, -0.2) is 36.0 Å². The first kappa shape index (κ1) is 17.9. The summed E-state index contributed by atoms with van der Waals surface area (Å²) >= 11 is 0. The zero-order chi connectivity index (χ0) is 18.2. The molecule has 1 aromatic carbocycles. The Balaban J connectivity index is 1.81. The lowest BCUT2D eigenvalue weighted by Crippen LogP contribution is -2.39. The third-order valence-corrected chi connectivity index (χ3v) is 5.98. The van der Waals surface area contributed by atoms with Crippen molar-refractivity contribution in [1.29, 1.82) is 0 Å². The first-order valence-corrected chi connectivity index (χ1v) is 9.09. The van der Waals surface area contributed by atoms with Crippen LogP contribution in [0.1, 0.15) is 36.0 Å². The van der Waals surface area contributed by atoms with Crippen LogP contribution in [0.25, 0.3) is 0 Å². The van der Waals surface area contributed by atoms with Crippen LogP contribution in [0.15, 0.2) is 33.7 Å². The van der Waals surface area contributed by atoms with Crippen LogP contribution in [0.3, 0.4) is 0 Å². The molecular formula is C15H16F3N3O3S. The highest BCUT2D eigenvalue weighted by Gasteiger charge is 2.34. The summed E-state index contributed by atoms with van der Waals surface area (Å²) in [6.45, 7) is 2.13. The van der Waals surface area contributed by atoms with E-state index in [-0.39, 0.29) is 17.4 Å². The molecule has 6 nitrogen and oxygen atoms in total. The molecule has 0 N–H and O–H groups in total. The van der Waals surface area contributed by atoms with Crippen LogP contribution in [0.2, 0.25) is 0 Å².